The van der Waals surface area contributed by atoms with Crippen molar-refractivity contribution in [2.75, 3.05) is 6.54 Å². The first kappa shape index (κ1) is 21.2. The zero-order valence-electron chi connectivity index (χ0n) is 17.9. The Balaban J connectivity index is 1.63. The monoisotopic (exact) mass is 455 g/mol. The first-order valence-corrected chi connectivity index (χ1v) is 10.5. The number of hydrogen-bond donors (Lipinski definition) is 0. The summed E-state index contributed by atoms with van der Waals surface area (Å²) in [6, 6.07) is 9.23. The maximum Gasteiger partial charge on any atom is 0.433 e. The summed E-state index contributed by atoms with van der Waals surface area (Å²) in [5, 5.41) is 7.88. The normalized spacial score (nSPS) is 16.6. The molecule has 0 saturated carbocycles. The van der Waals surface area contributed by atoms with Crippen LogP contribution in [0.1, 0.15) is 52.0 Å². The zero-order valence-corrected chi connectivity index (χ0v) is 17.9. The van der Waals surface area contributed by atoms with Crippen LogP contribution in [0.25, 0.3) is 16.9 Å². The van der Waals surface area contributed by atoms with Gasteiger partial charge in [0.05, 0.1) is 23.6 Å². The molecule has 33 heavy (non-hydrogen) atoms. The van der Waals surface area contributed by atoms with Crippen LogP contribution < -0.4 is 0 Å². The van der Waals surface area contributed by atoms with Gasteiger partial charge in [-0.2, -0.15) is 18.3 Å². The number of aromatic nitrogens is 4. The van der Waals surface area contributed by atoms with E-state index in [1.165, 1.54) is 0 Å². The van der Waals surface area contributed by atoms with Crippen LogP contribution in [0.15, 0.2) is 47.1 Å². The van der Waals surface area contributed by atoms with Crippen molar-refractivity contribution >= 4 is 11.6 Å². The van der Waals surface area contributed by atoms with Gasteiger partial charge in [-0.05, 0) is 32.8 Å². The number of likely N-dealkylation sites (tertiary alicyclic amines) is 1. The van der Waals surface area contributed by atoms with Crippen LogP contribution >= 0.6 is 0 Å². The van der Waals surface area contributed by atoms with Crippen LogP contribution in [-0.2, 0) is 6.18 Å². The molecule has 1 aliphatic rings. The van der Waals surface area contributed by atoms with E-state index in [1.807, 2.05) is 6.92 Å². The van der Waals surface area contributed by atoms with Crippen LogP contribution in [0.3, 0.4) is 0 Å². The highest BCUT2D eigenvalue weighted by Gasteiger charge is 2.38. The van der Waals surface area contributed by atoms with E-state index in [4.69, 9.17) is 4.52 Å². The summed E-state index contributed by atoms with van der Waals surface area (Å²) >= 11 is 0. The number of rotatable bonds is 3. The van der Waals surface area contributed by atoms with E-state index < -0.39 is 17.8 Å². The van der Waals surface area contributed by atoms with Gasteiger partial charge < -0.3 is 9.42 Å². The van der Waals surface area contributed by atoms with Crippen LogP contribution in [0, 0.1) is 13.8 Å². The van der Waals surface area contributed by atoms with Gasteiger partial charge in [0, 0.05) is 17.7 Å². The fraction of sp³-hybridized carbons (Fsp3) is 0.304. The molecule has 1 aromatic carbocycles. The molecule has 1 atom stereocenters. The maximum atomic E-state index is 13.9. The Morgan fingerprint density at radius 2 is 1.94 bits per heavy atom. The van der Waals surface area contributed by atoms with Gasteiger partial charge in [-0.3, -0.25) is 4.79 Å². The topological polar surface area (TPSA) is 76.5 Å². The van der Waals surface area contributed by atoms with E-state index in [2.05, 4.69) is 15.2 Å². The Kier molecular flexibility index (Phi) is 4.95. The number of alkyl halides is 3. The molecule has 0 radical (unpaired) electrons. The fourth-order valence-corrected chi connectivity index (χ4v) is 4.50. The number of halogens is 3. The quantitative estimate of drug-likeness (QED) is 0.435. The molecule has 0 aliphatic carbocycles. The molecule has 4 heterocycles. The highest BCUT2D eigenvalue weighted by Crippen LogP contribution is 2.38. The van der Waals surface area contributed by atoms with Crippen LogP contribution in [-0.4, -0.2) is 37.1 Å². The number of aryl methyl sites for hydroxylation is 2. The van der Waals surface area contributed by atoms with Crippen LogP contribution in [0.2, 0.25) is 0 Å². The summed E-state index contributed by atoms with van der Waals surface area (Å²) in [6.45, 7) is 4.07. The lowest BCUT2D eigenvalue weighted by molar-refractivity contribution is -0.142. The molecule has 3 aromatic heterocycles. The summed E-state index contributed by atoms with van der Waals surface area (Å²) < 4.78 is 47.5. The smallest absolute Gasteiger partial charge is 0.361 e. The number of hydrogen-bond acceptors (Lipinski definition) is 5. The third-order valence-corrected chi connectivity index (χ3v) is 6.00. The van der Waals surface area contributed by atoms with E-state index in [0.717, 1.165) is 24.2 Å². The number of benzene rings is 1. The summed E-state index contributed by atoms with van der Waals surface area (Å²) in [6.07, 6.45) is -2.04. The van der Waals surface area contributed by atoms with Crippen molar-refractivity contribution in [1.82, 2.24) is 24.7 Å². The van der Waals surface area contributed by atoms with E-state index in [9.17, 15) is 18.0 Å². The summed E-state index contributed by atoms with van der Waals surface area (Å²) in [4.78, 5) is 19.6. The predicted octanol–water partition coefficient (Wildman–Crippen LogP) is 5.00. The van der Waals surface area contributed by atoms with Crippen LogP contribution in [0.5, 0.6) is 0 Å². The van der Waals surface area contributed by atoms with Crippen molar-refractivity contribution in [2.24, 2.45) is 0 Å². The first-order chi connectivity index (χ1) is 15.8. The molecule has 1 aliphatic heterocycles. The maximum absolute atomic E-state index is 13.9. The Morgan fingerprint density at radius 1 is 1.18 bits per heavy atom. The molecule has 10 heteroatoms. The summed E-state index contributed by atoms with van der Waals surface area (Å²) in [7, 11) is 0. The van der Waals surface area contributed by atoms with Gasteiger partial charge in [0.25, 0.3) is 5.91 Å². The first-order valence-electron chi connectivity index (χ1n) is 10.5. The molecule has 1 fully saturated rings. The SMILES string of the molecule is Cc1noc(C)c1[C@@H]1CCCN1C(=O)c1cnn2c(C(F)(F)F)cc(-c3ccccc3)nc12. The Bertz CT molecular complexity index is 1320. The Morgan fingerprint density at radius 3 is 2.61 bits per heavy atom. The highest BCUT2D eigenvalue weighted by molar-refractivity contribution is 6.00. The lowest BCUT2D eigenvalue weighted by Gasteiger charge is -2.24. The molecule has 4 aromatic rings. The highest BCUT2D eigenvalue weighted by atomic mass is 19.4. The van der Waals surface area contributed by atoms with E-state index in [1.54, 1.807) is 42.2 Å². The van der Waals surface area contributed by atoms with Gasteiger partial charge in [-0.25, -0.2) is 9.50 Å². The number of fused-ring (bicyclic) bond motifs is 1. The van der Waals surface area contributed by atoms with Crippen molar-refractivity contribution in [1.29, 1.82) is 0 Å². The van der Waals surface area contributed by atoms with Crippen molar-refractivity contribution in [2.45, 2.75) is 38.9 Å². The molecule has 0 spiro atoms. The molecule has 1 saturated heterocycles. The average Bonchev–Trinajstić information content (AvgIpc) is 3.51. The van der Waals surface area contributed by atoms with Gasteiger partial charge in [-0.15, -0.1) is 0 Å². The second-order valence-corrected chi connectivity index (χ2v) is 8.08. The lowest BCUT2D eigenvalue weighted by atomic mass is 10.0. The third-order valence-electron chi connectivity index (χ3n) is 6.00. The Hall–Kier alpha value is -3.69. The van der Waals surface area contributed by atoms with Crippen molar-refractivity contribution in [3.63, 3.8) is 0 Å². The van der Waals surface area contributed by atoms with Gasteiger partial charge in [0.1, 0.15) is 11.3 Å². The average molecular weight is 455 g/mol. The van der Waals surface area contributed by atoms with Crippen molar-refractivity contribution in [3.05, 3.63) is 70.9 Å². The van der Waals surface area contributed by atoms with Gasteiger partial charge in [-0.1, -0.05) is 35.5 Å². The van der Waals surface area contributed by atoms with E-state index in [0.29, 0.717) is 34.5 Å². The van der Waals surface area contributed by atoms with Gasteiger partial charge in [0.15, 0.2) is 11.3 Å². The second kappa shape index (κ2) is 7.72. The summed E-state index contributed by atoms with van der Waals surface area (Å²) in [5.41, 5.74) is 1.07. The van der Waals surface area contributed by atoms with E-state index >= 15 is 0 Å². The standard InChI is InChI=1S/C23H20F3N5O2/c1-13-20(14(2)33-29-13)18-9-6-10-30(18)22(32)16-12-27-31-19(23(24,25)26)11-17(28-21(16)31)15-7-4-3-5-8-15/h3-5,7-8,11-12,18H,6,9-10H2,1-2H3/t18-/m0/s1. The molecular weight excluding hydrogens is 435 g/mol. The molecule has 7 nitrogen and oxygen atoms in total. The minimum absolute atomic E-state index is 0.0249. The third kappa shape index (κ3) is 3.55. The molecule has 1 amide bonds. The predicted molar refractivity (Wildman–Crippen MR) is 112 cm³/mol. The number of amides is 1. The zero-order chi connectivity index (χ0) is 23.3. The number of nitrogens with zero attached hydrogens (tertiary/aromatic N) is 5. The molecule has 170 valence electrons. The number of carbonyl (C=O) groups excluding carboxylic acids is 1. The minimum atomic E-state index is -4.68. The van der Waals surface area contributed by atoms with Crippen molar-refractivity contribution in [3.8, 4) is 11.3 Å². The summed E-state index contributed by atoms with van der Waals surface area (Å²) in [5.74, 6) is 0.208. The van der Waals surface area contributed by atoms with E-state index in [-0.39, 0.29) is 22.9 Å². The second-order valence-electron chi connectivity index (χ2n) is 8.08. The van der Waals surface area contributed by atoms with Crippen LogP contribution in [0.4, 0.5) is 13.2 Å². The van der Waals surface area contributed by atoms with Crippen molar-refractivity contribution < 1.29 is 22.5 Å². The minimum Gasteiger partial charge on any atom is -0.361 e. The fourth-order valence-electron chi connectivity index (χ4n) is 4.50. The Labute approximate surface area is 186 Å². The van der Waals surface area contributed by atoms with Gasteiger partial charge >= 0.3 is 6.18 Å². The molecule has 0 N–H and O–H groups in total. The largest absolute Gasteiger partial charge is 0.433 e. The lowest BCUT2D eigenvalue weighted by Crippen LogP contribution is -2.31. The van der Waals surface area contributed by atoms with Gasteiger partial charge in [0.2, 0.25) is 0 Å². The molecule has 5 rings (SSSR count). The number of carbonyl (C=O) groups is 1. The molecule has 0 unspecified atom stereocenters. The molecule has 0 bridgehead atoms. The molecular formula is C23H20F3N5O2.